The van der Waals surface area contributed by atoms with Crippen molar-refractivity contribution in [1.82, 2.24) is 25.3 Å². The minimum absolute atomic E-state index is 0.783. The van der Waals surface area contributed by atoms with Gasteiger partial charge in [-0.2, -0.15) is 0 Å². The first-order valence-corrected chi connectivity index (χ1v) is 5.87. The molecule has 0 spiro atoms. The molecule has 0 unspecified atom stereocenters. The van der Waals surface area contributed by atoms with E-state index in [0.717, 1.165) is 31.7 Å². The van der Waals surface area contributed by atoms with Crippen molar-refractivity contribution in [3.63, 3.8) is 0 Å². The fourth-order valence-electron chi connectivity index (χ4n) is 1.57. The van der Waals surface area contributed by atoms with Crippen molar-refractivity contribution in [2.45, 2.75) is 26.4 Å². The van der Waals surface area contributed by atoms with Gasteiger partial charge in [0.2, 0.25) is 0 Å². The Bertz CT molecular complexity index is 437. The van der Waals surface area contributed by atoms with Crippen LogP contribution in [0.3, 0.4) is 0 Å². The van der Waals surface area contributed by atoms with Crippen LogP contribution < -0.4 is 5.32 Å². The molecule has 5 nitrogen and oxygen atoms in total. The lowest BCUT2D eigenvalue weighted by Gasteiger charge is -2.00. The van der Waals surface area contributed by atoms with Crippen LogP contribution in [0.15, 0.2) is 30.7 Å². The molecular weight excluding hydrogens is 214 g/mol. The molecule has 1 N–H and O–H groups in total. The number of pyridine rings is 1. The van der Waals surface area contributed by atoms with Crippen LogP contribution in [0.5, 0.6) is 0 Å². The second-order valence-corrected chi connectivity index (χ2v) is 3.86. The zero-order valence-electron chi connectivity index (χ0n) is 10.0. The maximum Gasteiger partial charge on any atom is 0.0964 e. The Kier molecular flexibility index (Phi) is 4.21. The lowest BCUT2D eigenvalue weighted by atomic mass is 10.2. The smallest absolute Gasteiger partial charge is 0.0964 e. The summed E-state index contributed by atoms with van der Waals surface area (Å²) in [6.45, 7) is 4.66. The number of aryl methyl sites for hydroxylation is 2. The standard InChI is InChI=1S/C12H17N5/c1-2-13-9-12-10-17(16-15-12)8-5-11-3-6-14-7-4-11/h3-4,6-7,10,13H,2,5,8-9H2,1H3. The summed E-state index contributed by atoms with van der Waals surface area (Å²) in [5, 5.41) is 11.4. The number of rotatable bonds is 6. The summed E-state index contributed by atoms with van der Waals surface area (Å²) in [6.07, 6.45) is 6.57. The third-order valence-electron chi connectivity index (χ3n) is 2.52. The van der Waals surface area contributed by atoms with E-state index in [4.69, 9.17) is 0 Å². The van der Waals surface area contributed by atoms with E-state index in [1.54, 1.807) is 0 Å². The molecule has 0 aliphatic carbocycles. The lowest BCUT2D eigenvalue weighted by Crippen LogP contribution is -2.11. The van der Waals surface area contributed by atoms with Crippen molar-refractivity contribution in [3.05, 3.63) is 42.0 Å². The highest BCUT2D eigenvalue weighted by atomic mass is 15.4. The zero-order chi connectivity index (χ0) is 11.9. The summed E-state index contributed by atoms with van der Waals surface area (Å²) < 4.78 is 1.88. The number of hydrogen-bond acceptors (Lipinski definition) is 4. The number of nitrogens with zero attached hydrogens (tertiary/aromatic N) is 4. The van der Waals surface area contributed by atoms with Gasteiger partial charge in [0.05, 0.1) is 5.69 Å². The number of hydrogen-bond donors (Lipinski definition) is 1. The Hall–Kier alpha value is -1.75. The van der Waals surface area contributed by atoms with E-state index in [-0.39, 0.29) is 0 Å². The van der Waals surface area contributed by atoms with Gasteiger partial charge >= 0.3 is 0 Å². The molecule has 0 fully saturated rings. The molecule has 2 aromatic rings. The van der Waals surface area contributed by atoms with E-state index in [1.165, 1.54) is 5.56 Å². The Morgan fingerprint density at radius 2 is 2.12 bits per heavy atom. The Balaban J connectivity index is 1.85. The highest BCUT2D eigenvalue weighted by Crippen LogP contribution is 2.00. The zero-order valence-corrected chi connectivity index (χ0v) is 10.0. The number of nitrogens with one attached hydrogen (secondary N) is 1. The van der Waals surface area contributed by atoms with Crippen LogP contribution in [0.2, 0.25) is 0 Å². The van der Waals surface area contributed by atoms with Gasteiger partial charge in [0.15, 0.2) is 0 Å². The van der Waals surface area contributed by atoms with Gasteiger partial charge in [-0.3, -0.25) is 9.67 Å². The molecule has 0 aliphatic rings. The van der Waals surface area contributed by atoms with Crippen molar-refractivity contribution in [3.8, 4) is 0 Å². The Labute approximate surface area is 101 Å². The fourth-order valence-corrected chi connectivity index (χ4v) is 1.57. The fraction of sp³-hybridized carbons (Fsp3) is 0.417. The normalized spacial score (nSPS) is 10.6. The first-order chi connectivity index (χ1) is 8.38. The SMILES string of the molecule is CCNCc1cn(CCc2ccncc2)nn1. The highest BCUT2D eigenvalue weighted by Gasteiger charge is 2.00. The number of aromatic nitrogens is 4. The topological polar surface area (TPSA) is 55.6 Å². The molecule has 2 aromatic heterocycles. The molecule has 90 valence electrons. The summed E-state index contributed by atoms with van der Waals surface area (Å²) >= 11 is 0. The van der Waals surface area contributed by atoms with Gasteiger partial charge in [0.1, 0.15) is 0 Å². The summed E-state index contributed by atoms with van der Waals surface area (Å²) in [4.78, 5) is 4.00. The van der Waals surface area contributed by atoms with Gasteiger partial charge in [0.25, 0.3) is 0 Å². The Morgan fingerprint density at radius 3 is 2.88 bits per heavy atom. The van der Waals surface area contributed by atoms with E-state index in [1.807, 2.05) is 35.4 Å². The van der Waals surface area contributed by atoms with Crippen molar-refractivity contribution < 1.29 is 0 Å². The molecule has 2 heterocycles. The molecule has 5 heteroatoms. The van der Waals surface area contributed by atoms with Gasteiger partial charge in [-0.1, -0.05) is 12.1 Å². The molecule has 0 atom stereocenters. The summed E-state index contributed by atoms with van der Waals surface area (Å²) in [5.41, 5.74) is 2.25. The monoisotopic (exact) mass is 231 g/mol. The predicted molar refractivity (Wildman–Crippen MR) is 65.3 cm³/mol. The minimum atomic E-state index is 0.783. The molecule has 0 amide bonds. The molecule has 0 radical (unpaired) electrons. The van der Waals surface area contributed by atoms with E-state index in [9.17, 15) is 0 Å². The van der Waals surface area contributed by atoms with E-state index in [2.05, 4.69) is 27.5 Å². The molecular formula is C12H17N5. The van der Waals surface area contributed by atoms with Crippen LogP contribution in [0.4, 0.5) is 0 Å². The molecule has 0 aliphatic heterocycles. The molecule has 0 saturated carbocycles. The Morgan fingerprint density at radius 1 is 1.29 bits per heavy atom. The van der Waals surface area contributed by atoms with Crippen molar-refractivity contribution in [1.29, 1.82) is 0 Å². The first kappa shape index (κ1) is 11.7. The van der Waals surface area contributed by atoms with Crippen molar-refractivity contribution >= 4 is 0 Å². The summed E-state index contributed by atoms with van der Waals surface area (Å²) in [7, 11) is 0. The predicted octanol–water partition coefficient (Wildman–Crippen LogP) is 1.03. The van der Waals surface area contributed by atoms with Gasteiger partial charge in [0, 0.05) is 31.7 Å². The van der Waals surface area contributed by atoms with E-state index in [0.29, 0.717) is 0 Å². The van der Waals surface area contributed by atoms with Crippen LogP contribution in [0.1, 0.15) is 18.2 Å². The van der Waals surface area contributed by atoms with Crippen molar-refractivity contribution in [2.75, 3.05) is 6.54 Å². The minimum Gasteiger partial charge on any atom is -0.311 e. The summed E-state index contributed by atoms with van der Waals surface area (Å²) in [5.74, 6) is 0. The third kappa shape index (κ3) is 3.64. The second kappa shape index (κ2) is 6.10. The quantitative estimate of drug-likeness (QED) is 0.806. The van der Waals surface area contributed by atoms with Gasteiger partial charge in [-0.05, 0) is 30.7 Å². The first-order valence-electron chi connectivity index (χ1n) is 5.87. The van der Waals surface area contributed by atoms with E-state index >= 15 is 0 Å². The van der Waals surface area contributed by atoms with Crippen LogP contribution in [0, 0.1) is 0 Å². The largest absolute Gasteiger partial charge is 0.311 e. The second-order valence-electron chi connectivity index (χ2n) is 3.86. The van der Waals surface area contributed by atoms with Crippen molar-refractivity contribution in [2.24, 2.45) is 0 Å². The van der Waals surface area contributed by atoms with E-state index < -0.39 is 0 Å². The molecule has 0 aromatic carbocycles. The molecule has 0 bridgehead atoms. The van der Waals surface area contributed by atoms with Gasteiger partial charge < -0.3 is 5.32 Å². The van der Waals surface area contributed by atoms with Crippen LogP contribution >= 0.6 is 0 Å². The highest BCUT2D eigenvalue weighted by molar-refractivity contribution is 5.09. The van der Waals surface area contributed by atoms with Crippen LogP contribution in [-0.4, -0.2) is 26.5 Å². The average molecular weight is 231 g/mol. The summed E-state index contributed by atoms with van der Waals surface area (Å²) in [6, 6.07) is 4.05. The maximum absolute atomic E-state index is 4.10. The van der Waals surface area contributed by atoms with Crippen LogP contribution in [-0.2, 0) is 19.5 Å². The van der Waals surface area contributed by atoms with Gasteiger partial charge in [-0.15, -0.1) is 5.10 Å². The lowest BCUT2D eigenvalue weighted by molar-refractivity contribution is 0.588. The molecule has 17 heavy (non-hydrogen) atoms. The van der Waals surface area contributed by atoms with Gasteiger partial charge in [-0.25, -0.2) is 0 Å². The average Bonchev–Trinajstić information content (AvgIpc) is 2.83. The molecule has 0 saturated heterocycles. The maximum atomic E-state index is 4.10. The molecule has 2 rings (SSSR count). The van der Waals surface area contributed by atoms with Crippen LogP contribution in [0.25, 0.3) is 0 Å². The third-order valence-corrected chi connectivity index (χ3v) is 2.52.